The van der Waals surface area contributed by atoms with E-state index in [0.29, 0.717) is 42.2 Å². The van der Waals surface area contributed by atoms with Gasteiger partial charge in [-0.25, -0.2) is 23.3 Å². The Balaban J connectivity index is 0.00000210. The standard InChI is InChI=1S/C25H24F2N8O2.2H2/c1-15(17-6-5-16(26)12-19(17)27)30-21-13-20(18-14-29-35-10-3-8-28-24(18)35)31-25(32-21)33-22(36)7-11-34-9-2-4-23(34)37;;/h3,5-6,8,10,12-15H,2,4,7,9,11H2,1H3,(H2,30,31,32,33,36);2*1H/t15-;;/m0../s1. The Morgan fingerprint density at radius 1 is 1.24 bits per heavy atom. The highest BCUT2D eigenvalue weighted by atomic mass is 19.1. The third kappa shape index (κ3) is 5.37. The van der Waals surface area contributed by atoms with E-state index in [4.69, 9.17) is 0 Å². The van der Waals surface area contributed by atoms with Crippen molar-refractivity contribution in [3.63, 3.8) is 0 Å². The molecule has 1 aliphatic rings. The monoisotopic (exact) mass is 510 g/mol. The molecule has 1 atom stereocenters. The first-order chi connectivity index (χ1) is 17.9. The fourth-order valence-electron chi connectivity index (χ4n) is 4.24. The number of halogens is 2. The summed E-state index contributed by atoms with van der Waals surface area (Å²) < 4.78 is 29.3. The Morgan fingerprint density at radius 3 is 2.89 bits per heavy atom. The number of hydrogen-bond donors (Lipinski definition) is 2. The van der Waals surface area contributed by atoms with Crippen LogP contribution in [0.1, 0.15) is 40.6 Å². The van der Waals surface area contributed by atoms with Gasteiger partial charge in [-0.1, -0.05) is 6.07 Å². The van der Waals surface area contributed by atoms with E-state index in [0.717, 1.165) is 12.5 Å². The lowest BCUT2D eigenvalue weighted by molar-refractivity contribution is -0.128. The summed E-state index contributed by atoms with van der Waals surface area (Å²) in [7, 11) is 0. The van der Waals surface area contributed by atoms with Crippen LogP contribution in [0.5, 0.6) is 0 Å². The molecule has 37 heavy (non-hydrogen) atoms. The molecule has 0 aliphatic carbocycles. The normalized spacial score (nSPS) is 14.2. The molecule has 5 rings (SSSR count). The van der Waals surface area contributed by atoms with E-state index >= 15 is 0 Å². The first-order valence-corrected chi connectivity index (χ1v) is 11.8. The summed E-state index contributed by atoms with van der Waals surface area (Å²) in [5.74, 6) is -1.33. The molecular weight excluding hydrogens is 482 g/mol. The van der Waals surface area contributed by atoms with Gasteiger partial charge in [-0.05, 0) is 25.5 Å². The SMILES string of the molecule is C[C@H](Nc1cc(-c2cnn3cccnc23)nc(NC(=O)CCN2CCCC2=O)n1)c1ccc(F)cc1F.[HH].[HH]. The van der Waals surface area contributed by atoms with Crippen LogP contribution in [0.4, 0.5) is 20.5 Å². The average Bonchev–Trinajstić information content (AvgIpc) is 3.48. The van der Waals surface area contributed by atoms with Crippen LogP contribution in [0, 0.1) is 11.6 Å². The Labute approximate surface area is 213 Å². The Morgan fingerprint density at radius 2 is 2.11 bits per heavy atom. The maximum Gasteiger partial charge on any atom is 0.231 e. The van der Waals surface area contributed by atoms with Gasteiger partial charge in [0, 0.05) is 58.9 Å². The van der Waals surface area contributed by atoms with Crippen LogP contribution in [-0.2, 0) is 9.59 Å². The van der Waals surface area contributed by atoms with E-state index in [-0.39, 0.29) is 32.6 Å². The molecule has 0 bridgehead atoms. The van der Waals surface area contributed by atoms with Crippen molar-refractivity contribution in [2.45, 2.75) is 32.2 Å². The summed E-state index contributed by atoms with van der Waals surface area (Å²) in [6.07, 6.45) is 6.36. The van der Waals surface area contributed by atoms with Gasteiger partial charge >= 0.3 is 0 Å². The fraction of sp³-hybridized carbons (Fsp3) is 0.280. The molecule has 1 saturated heterocycles. The summed E-state index contributed by atoms with van der Waals surface area (Å²) in [4.78, 5) is 39.4. The van der Waals surface area contributed by atoms with E-state index in [9.17, 15) is 18.4 Å². The number of fused-ring (bicyclic) bond motifs is 1. The number of aromatic nitrogens is 5. The van der Waals surface area contributed by atoms with Crippen molar-refractivity contribution >= 4 is 29.2 Å². The van der Waals surface area contributed by atoms with Gasteiger partial charge < -0.3 is 10.2 Å². The zero-order valence-electron chi connectivity index (χ0n) is 20.0. The maximum absolute atomic E-state index is 14.4. The zero-order chi connectivity index (χ0) is 25.9. The van der Waals surface area contributed by atoms with Crippen molar-refractivity contribution in [3.05, 3.63) is 66.1 Å². The molecule has 3 aromatic heterocycles. The smallest absolute Gasteiger partial charge is 0.231 e. The lowest BCUT2D eigenvalue weighted by atomic mass is 10.1. The van der Waals surface area contributed by atoms with Crippen LogP contribution >= 0.6 is 0 Å². The minimum Gasteiger partial charge on any atom is -0.363 e. The molecule has 4 aromatic rings. The molecule has 10 nitrogen and oxygen atoms in total. The quantitative estimate of drug-likeness (QED) is 0.367. The van der Waals surface area contributed by atoms with Crippen molar-refractivity contribution in [1.82, 2.24) is 29.5 Å². The van der Waals surface area contributed by atoms with Gasteiger partial charge in [0.2, 0.25) is 17.8 Å². The summed E-state index contributed by atoms with van der Waals surface area (Å²) in [6, 6.07) is 6.18. The van der Waals surface area contributed by atoms with Crippen LogP contribution < -0.4 is 10.6 Å². The van der Waals surface area contributed by atoms with Gasteiger partial charge in [0.25, 0.3) is 0 Å². The first kappa shape index (κ1) is 24.2. The van der Waals surface area contributed by atoms with Crippen molar-refractivity contribution in [3.8, 4) is 11.3 Å². The Hall–Kier alpha value is -4.48. The van der Waals surface area contributed by atoms with Crippen molar-refractivity contribution in [2.75, 3.05) is 23.7 Å². The second-order valence-corrected chi connectivity index (χ2v) is 8.72. The molecule has 0 spiro atoms. The minimum atomic E-state index is -0.689. The van der Waals surface area contributed by atoms with Gasteiger partial charge in [-0.3, -0.25) is 14.9 Å². The molecule has 1 fully saturated rings. The summed E-state index contributed by atoms with van der Waals surface area (Å²) in [5.41, 5.74) is 1.84. The lowest BCUT2D eigenvalue weighted by Gasteiger charge is -2.17. The van der Waals surface area contributed by atoms with Gasteiger partial charge in [-0.2, -0.15) is 10.1 Å². The van der Waals surface area contributed by atoms with Gasteiger partial charge in [0.15, 0.2) is 5.65 Å². The number of likely N-dealkylation sites (tertiary alicyclic amines) is 1. The van der Waals surface area contributed by atoms with Crippen LogP contribution in [0.15, 0.2) is 48.9 Å². The number of amides is 2. The van der Waals surface area contributed by atoms with Gasteiger partial charge in [0.1, 0.15) is 17.5 Å². The molecule has 2 N–H and O–H groups in total. The lowest BCUT2D eigenvalue weighted by Crippen LogP contribution is -2.29. The average molecular weight is 511 g/mol. The minimum absolute atomic E-state index is 0. The van der Waals surface area contributed by atoms with Crippen LogP contribution in [0.3, 0.4) is 0 Å². The number of nitrogens with zero attached hydrogens (tertiary/aromatic N) is 6. The first-order valence-electron chi connectivity index (χ1n) is 11.8. The van der Waals surface area contributed by atoms with E-state index < -0.39 is 17.7 Å². The Kier molecular flexibility index (Phi) is 6.71. The number of carbonyl (C=O) groups is 2. The Bertz CT molecular complexity index is 1490. The molecule has 4 heterocycles. The molecule has 1 aromatic carbocycles. The largest absolute Gasteiger partial charge is 0.363 e. The van der Waals surface area contributed by atoms with E-state index in [1.165, 1.54) is 12.1 Å². The highest BCUT2D eigenvalue weighted by Crippen LogP contribution is 2.27. The summed E-state index contributed by atoms with van der Waals surface area (Å²) in [5, 5.41) is 10.1. The molecule has 2 amide bonds. The molecular formula is C25H28F2N8O2. The topological polar surface area (TPSA) is 117 Å². The number of nitrogens with one attached hydrogen (secondary N) is 2. The predicted octanol–water partition coefficient (Wildman–Crippen LogP) is 4.08. The number of hydrogen-bond acceptors (Lipinski definition) is 7. The maximum atomic E-state index is 14.4. The zero-order valence-corrected chi connectivity index (χ0v) is 20.0. The highest BCUT2D eigenvalue weighted by Gasteiger charge is 2.21. The number of carbonyl (C=O) groups excluding carboxylic acids is 2. The third-order valence-electron chi connectivity index (χ3n) is 6.11. The molecule has 0 unspecified atom stereocenters. The molecule has 0 radical (unpaired) electrons. The third-order valence-corrected chi connectivity index (χ3v) is 6.11. The molecule has 1 aliphatic heterocycles. The second-order valence-electron chi connectivity index (χ2n) is 8.72. The van der Waals surface area contributed by atoms with Crippen LogP contribution in [-0.4, -0.2) is 54.4 Å². The predicted molar refractivity (Wildman–Crippen MR) is 136 cm³/mol. The molecule has 12 heteroatoms. The fourth-order valence-corrected chi connectivity index (χ4v) is 4.24. The molecule has 0 saturated carbocycles. The highest BCUT2D eigenvalue weighted by molar-refractivity contribution is 5.90. The van der Waals surface area contributed by atoms with Crippen molar-refractivity contribution in [1.29, 1.82) is 0 Å². The molecule has 194 valence electrons. The van der Waals surface area contributed by atoms with Gasteiger partial charge in [-0.15, -0.1) is 0 Å². The van der Waals surface area contributed by atoms with Crippen LogP contribution in [0.25, 0.3) is 16.9 Å². The number of anilines is 2. The van der Waals surface area contributed by atoms with E-state index in [2.05, 4.69) is 30.7 Å². The number of rotatable bonds is 8. The second kappa shape index (κ2) is 10.2. The summed E-state index contributed by atoms with van der Waals surface area (Å²) >= 11 is 0. The van der Waals surface area contributed by atoms with E-state index in [1.807, 2.05) is 0 Å². The van der Waals surface area contributed by atoms with Crippen LogP contribution in [0.2, 0.25) is 0 Å². The van der Waals surface area contributed by atoms with Crippen molar-refractivity contribution in [2.24, 2.45) is 0 Å². The number of benzene rings is 1. The van der Waals surface area contributed by atoms with E-state index in [1.54, 1.807) is 47.1 Å². The van der Waals surface area contributed by atoms with Crippen molar-refractivity contribution < 1.29 is 21.2 Å². The van der Waals surface area contributed by atoms with Gasteiger partial charge in [0.05, 0.1) is 23.5 Å². The summed E-state index contributed by atoms with van der Waals surface area (Å²) in [6.45, 7) is 2.67.